The number of piperidine rings is 1. The van der Waals surface area contributed by atoms with Gasteiger partial charge in [0.2, 0.25) is 0 Å². The van der Waals surface area contributed by atoms with Gasteiger partial charge in [-0.25, -0.2) is 4.98 Å². The van der Waals surface area contributed by atoms with E-state index in [1.165, 1.54) is 0 Å². The van der Waals surface area contributed by atoms with Gasteiger partial charge >= 0.3 is 6.18 Å². The zero-order valence-corrected chi connectivity index (χ0v) is 14.9. The fraction of sp³-hybridized carbons (Fsp3) is 0.500. The van der Waals surface area contributed by atoms with Crippen LogP contribution in [-0.2, 0) is 6.18 Å². The molecule has 0 atom stereocenters. The molecular formula is C12H10Cl3F3N2S2. The summed E-state index contributed by atoms with van der Waals surface area (Å²) in [4.78, 5) is 5.00. The lowest BCUT2D eigenvalue weighted by molar-refractivity contribution is -0.139. The molecule has 1 aromatic rings. The fourth-order valence-corrected chi connectivity index (χ4v) is 4.35. The van der Waals surface area contributed by atoms with Gasteiger partial charge in [0, 0.05) is 13.1 Å². The normalized spacial score (nSPS) is 16.0. The number of hydrogen-bond donors (Lipinski definition) is 0. The molecule has 0 spiro atoms. The van der Waals surface area contributed by atoms with Gasteiger partial charge in [0.15, 0.2) is 5.15 Å². The van der Waals surface area contributed by atoms with E-state index in [-0.39, 0.29) is 15.1 Å². The Hall–Kier alpha value is 0.0500. The van der Waals surface area contributed by atoms with Crippen LogP contribution in [0, 0.1) is 0 Å². The quantitative estimate of drug-likeness (QED) is 0.325. The number of alkyl halides is 3. The second-order valence-corrected chi connectivity index (χ2v) is 7.36. The first-order valence-corrected chi connectivity index (χ1v) is 8.66. The van der Waals surface area contributed by atoms with Crippen molar-refractivity contribution < 1.29 is 13.2 Å². The van der Waals surface area contributed by atoms with Gasteiger partial charge in [-0.05, 0) is 19.3 Å². The largest absolute Gasteiger partial charge is 0.420 e. The average Bonchev–Trinajstić information content (AvgIpc) is 2.43. The molecule has 0 aromatic carbocycles. The van der Waals surface area contributed by atoms with E-state index in [9.17, 15) is 13.2 Å². The van der Waals surface area contributed by atoms with Gasteiger partial charge < -0.3 is 4.90 Å². The van der Waals surface area contributed by atoms with E-state index >= 15 is 0 Å². The summed E-state index contributed by atoms with van der Waals surface area (Å²) in [6, 6.07) is 0. The monoisotopic (exact) mass is 408 g/mol. The maximum absolute atomic E-state index is 13.2. The number of hydrogen-bond acceptors (Lipinski definition) is 3. The highest BCUT2D eigenvalue weighted by molar-refractivity contribution is 8.23. The van der Waals surface area contributed by atoms with Crippen molar-refractivity contribution >= 4 is 63.1 Å². The van der Waals surface area contributed by atoms with E-state index < -0.39 is 16.9 Å². The molecule has 122 valence electrons. The van der Waals surface area contributed by atoms with E-state index in [0.29, 0.717) is 4.32 Å². The molecule has 10 heteroatoms. The van der Waals surface area contributed by atoms with E-state index in [1.807, 2.05) is 4.90 Å². The standard InChI is InChI=1S/C12H10Cl3F3N2S2/c13-7-8(22-11(21)20-4-2-1-3-5-20)6(12(16,17)18)9(14)19-10(7)15/h1-5H2. The predicted octanol–water partition coefficient (Wildman–Crippen LogP) is 5.92. The number of nitrogens with zero attached hydrogens (tertiary/aromatic N) is 2. The minimum atomic E-state index is -4.70. The molecule has 2 rings (SSSR count). The first kappa shape index (κ1) is 18.4. The first-order valence-electron chi connectivity index (χ1n) is 6.30. The minimum Gasteiger partial charge on any atom is -0.357 e. The Morgan fingerprint density at radius 2 is 1.68 bits per heavy atom. The second kappa shape index (κ2) is 7.30. The van der Waals surface area contributed by atoms with Gasteiger partial charge in [-0.3, -0.25) is 0 Å². The molecule has 1 aliphatic rings. The van der Waals surface area contributed by atoms with Crippen LogP contribution >= 0.6 is 58.8 Å². The Bertz CT molecular complexity index is 590. The highest BCUT2D eigenvalue weighted by Crippen LogP contribution is 2.46. The number of aromatic nitrogens is 1. The number of thioether (sulfide) groups is 1. The van der Waals surface area contributed by atoms with Crippen molar-refractivity contribution in [2.75, 3.05) is 13.1 Å². The molecule has 2 heterocycles. The van der Waals surface area contributed by atoms with Crippen LogP contribution in [0.25, 0.3) is 0 Å². The number of pyridine rings is 1. The third-order valence-electron chi connectivity index (χ3n) is 3.10. The Morgan fingerprint density at radius 1 is 1.09 bits per heavy atom. The number of likely N-dealkylation sites (tertiary alicyclic amines) is 1. The van der Waals surface area contributed by atoms with Gasteiger partial charge in [-0.2, -0.15) is 13.2 Å². The zero-order chi connectivity index (χ0) is 16.5. The van der Waals surface area contributed by atoms with Crippen molar-refractivity contribution in [1.82, 2.24) is 9.88 Å². The maximum Gasteiger partial charge on any atom is 0.420 e. The van der Waals surface area contributed by atoms with Crippen LogP contribution in [0.4, 0.5) is 13.2 Å². The maximum atomic E-state index is 13.2. The van der Waals surface area contributed by atoms with E-state index in [1.54, 1.807) is 0 Å². The first-order chi connectivity index (χ1) is 10.2. The Kier molecular flexibility index (Phi) is 6.10. The molecule has 1 saturated heterocycles. The van der Waals surface area contributed by atoms with Crippen LogP contribution in [0.3, 0.4) is 0 Å². The summed E-state index contributed by atoms with van der Waals surface area (Å²) < 4.78 is 40.0. The van der Waals surface area contributed by atoms with Crippen molar-refractivity contribution in [1.29, 1.82) is 0 Å². The molecular weight excluding hydrogens is 400 g/mol. The zero-order valence-electron chi connectivity index (χ0n) is 11.0. The Balaban J connectivity index is 2.38. The van der Waals surface area contributed by atoms with Crippen LogP contribution in [0.5, 0.6) is 0 Å². The van der Waals surface area contributed by atoms with Crippen LogP contribution in [0.1, 0.15) is 24.8 Å². The summed E-state index contributed by atoms with van der Waals surface area (Å²) in [5, 5.41) is -1.29. The van der Waals surface area contributed by atoms with E-state index in [4.69, 9.17) is 47.0 Å². The van der Waals surface area contributed by atoms with Crippen molar-refractivity contribution in [2.24, 2.45) is 0 Å². The van der Waals surface area contributed by atoms with Gasteiger partial charge in [0.25, 0.3) is 0 Å². The summed E-state index contributed by atoms with van der Waals surface area (Å²) in [6.45, 7) is 1.44. The molecule has 0 radical (unpaired) electrons. The van der Waals surface area contributed by atoms with Crippen LogP contribution in [-0.4, -0.2) is 27.3 Å². The lowest BCUT2D eigenvalue weighted by Gasteiger charge is -2.29. The smallest absolute Gasteiger partial charge is 0.357 e. The molecule has 0 saturated carbocycles. The average molecular weight is 410 g/mol. The number of rotatable bonds is 1. The molecule has 0 unspecified atom stereocenters. The van der Waals surface area contributed by atoms with Gasteiger partial charge in [-0.15, -0.1) is 0 Å². The molecule has 0 aliphatic carbocycles. The van der Waals surface area contributed by atoms with Crippen molar-refractivity contribution in [3.8, 4) is 0 Å². The molecule has 1 aromatic heterocycles. The second-order valence-electron chi connectivity index (χ2n) is 4.62. The molecule has 2 nitrogen and oxygen atoms in total. The molecule has 0 amide bonds. The summed E-state index contributed by atoms with van der Waals surface area (Å²) >= 11 is 23.3. The van der Waals surface area contributed by atoms with Crippen LogP contribution in [0.15, 0.2) is 4.90 Å². The Labute approximate surface area is 150 Å². The van der Waals surface area contributed by atoms with E-state index in [0.717, 1.165) is 44.1 Å². The van der Waals surface area contributed by atoms with Crippen molar-refractivity contribution in [3.05, 3.63) is 20.9 Å². The van der Waals surface area contributed by atoms with Gasteiger partial charge in [0.1, 0.15) is 15.0 Å². The lowest BCUT2D eigenvalue weighted by atomic mass is 10.1. The molecule has 1 aliphatic heterocycles. The summed E-state index contributed by atoms with van der Waals surface area (Å²) in [6.07, 6.45) is -1.69. The predicted molar refractivity (Wildman–Crippen MR) is 88.1 cm³/mol. The highest BCUT2D eigenvalue weighted by atomic mass is 35.5. The third-order valence-corrected chi connectivity index (χ3v) is 5.77. The summed E-state index contributed by atoms with van der Waals surface area (Å²) in [5.41, 5.74) is -1.10. The molecule has 1 fully saturated rings. The SMILES string of the molecule is FC(F)(F)c1c(Cl)nc(Cl)c(Cl)c1SC(=S)N1CCCCC1. The van der Waals surface area contributed by atoms with E-state index in [2.05, 4.69) is 4.98 Å². The third kappa shape index (κ3) is 4.12. The van der Waals surface area contributed by atoms with Gasteiger partial charge in [0.05, 0.1) is 9.92 Å². The van der Waals surface area contributed by atoms with Crippen LogP contribution < -0.4 is 0 Å². The van der Waals surface area contributed by atoms with Crippen molar-refractivity contribution in [2.45, 2.75) is 30.3 Å². The van der Waals surface area contributed by atoms with Crippen LogP contribution in [0.2, 0.25) is 15.3 Å². The van der Waals surface area contributed by atoms with Gasteiger partial charge in [-0.1, -0.05) is 58.8 Å². The number of halogens is 6. The minimum absolute atomic E-state index is 0.274. The molecule has 22 heavy (non-hydrogen) atoms. The highest BCUT2D eigenvalue weighted by Gasteiger charge is 2.39. The topological polar surface area (TPSA) is 16.1 Å². The molecule has 0 N–H and O–H groups in total. The van der Waals surface area contributed by atoms with Crippen molar-refractivity contribution in [3.63, 3.8) is 0 Å². The lowest BCUT2D eigenvalue weighted by Crippen LogP contribution is -2.32. The fourth-order valence-electron chi connectivity index (χ4n) is 2.06. The Morgan fingerprint density at radius 3 is 2.23 bits per heavy atom. The summed E-state index contributed by atoms with van der Waals surface area (Å²) in [5.74, 6) is 0. The molecule has 0 bridgehead atoms. The number of thiocarbonyl (C=S) groups is 1. The summed E-state index contributed by atoms with van der Waals surface area (Å²) in [7, 11) is 0.